The molecule has 0 radical (unpaired) electrons. The molecule has 2 fully saturated rings. The zero-order chi connectivity index (χ0) is 19.3. The standard InChI is InChI=1S/C21H31N3O2S/c1-16-17(20(26)24-10-12-27-13-11-24)6-5-7-18(16)23-19(25)14-21(15-22)8-3-2-4-9-21/h5-7H,2-4,8-15,22H2,1H3,(H,23,25). The number of benzene rings is 1. The molecule has 5 nitrogen and oxygen atoms in total. The highest BCUT2D eigenvalue weighted by Crippen LogP contribution is 2.38. The maximum atomic E-state index is 12.9. The zero-order valence-corrected chi connectivity index (χ0v) is 17.1. The van der Waals surface area contributed by atoms with Crippen LogP contribution in [0.2, 0.25) is 0 Å². The smallest absolute Gasteiger partial charge is 0.254 e. The lowest BCUT2D eigenvalue weighted by atomic mass is 9.71. The number of carbonyl (C=O) groups is 2. The number of thioether (sulfide) groups is 1. The predicted octanol–water partition coefficient (Wildman–Crippen LogP) is 3.42. The minimum atomic E-state index is -0.0604. The van der Waals surface area contributed by atoms with Gasteiger partial charge in [0.2, 0.25) is 5.91 Å². The average Bonchev–Trinajstić information content (AvgIpc) is 2.70. The molecule has 3 rings (SSSR count). The summed E-state index contributed by atoms with van der Waals surface area (Å²) in [6.45, 7) is 4.06. The Balaban J connectivity index is 1.69. The number of anilines is 1. The van der Waals surface area contributed by atoms with Crippen LogP contribution in [0.15, 0.2) is 18.2 Å². The van der Waals surface area contributed by atoms with Crippen molar-refractivity contribution >= 4 is 29.3 Å². The Morgan fingerprint density at radius 3 is 2.56 bits per heavy atom. The van der Waals surface area contributed by atoms with Crippen LogP contribution < -0.4 is 11.1 Å². The predicted molar refractivity (Wildman–Crippen MR) is 112 cm³/mol. The van der Waals surface area contributed by atoms with Crippen molar-refractivity contribution in [3.63, 3.8) is 0 Å². The molecule has 0 spiro atoms. The van der Waals surface area contributed by atoms with E-state index in [1.807, 2.05) is 41.8 Å². The van der Waals surface area contributed by atoms with Crippen molar-refractivity contribution in [1.82, 2.24) is 4.90 Å². The van der Waals surface area contributed by atoms with Crippen LogP contribution in [0.1, 0.15) is 54.4 Å². The van der Waals surface area contributed by atoms with E-state index in [-0.39, 0.29) is 17.2 Å². The topological polar surface area (TPSA) is 75.4 Å². The minimum absolute atomic E-state index is 0.00409. The van der Waals surface area contributed by atoms with Crippen LogP contribution in [0, 0.1) is 12.3 Å². The van der Waals surface area contributed by atoms with E-state index in [0.717, 1.165) is 61.5 Å². The van der Waals surface area contributed by atoms with Gasteiger partial charge in [-0.25, -0.2) is 0 Å². The highest BCUT2D eigenvalue weighted by molar-refractivity contribution is 7.99. The van der Waals surface area contributed by atoms with E-state index >= 15 is 0 Å². The molecular formula is C21H31N3O2S. The quantitative estimate of drug-likeness (QED) is 0.809. The maximum absolute atomic E-state index is 12.9. The van der Waals surface area contributed by atoms with E-state index in [9.17, 15) is 9.59 Å². The van der Waals surface area contributed by atoms with Gasteiger partial charge in [-0.05, 0) is 49.4 Å². The third-order valence-corrected chi connectivity index (χ3v) is 6.96. The lowest BCUT2D eigenvalue weighted by Crippen LogP contribution is -2.38. The number of rotatable bonds is 5. The molecule has 0 atom stereocenters. The van der Waals surface area contributed by atoms with Gasteiger partial charge >= 0.3 is 0 Å². The Bertz CT molecular complexity index is 680. The van der Waals surface area contributed by atoms with Gasteiger partial charge in [0.15, 0.2) is 0 Å². The number of amides is 2. The van der Waals surface area contributed by atoms with E-state index in [1.165, 1.54) is 6.42 Å². The summed E-state index contributed by atoms with van der Waals surface area (Å²) < 4.78 is 0. The number of hydrogen-bond acceptors (Lipinski definition) is 4. The molecule has 3 N–H and O–H groups in total. The first-order chi connectivity index (χ1) is 13.0. The van der Waals surface area contributed by atoms with Crippen molar-refractivity contribution in [2.45, 2.75) is 45.4 Å². The SMILES string of the molecule is Cc1c(NC(=O)CC2(CN)CCCCC2)cccc1C(=O)N1CCSCC1. The van der Waals surface area contributed by atoms with Gasteiger partial charge in [-0.15, -0.1) is 0 Å². The molecule has 0 unspecified atom stereocenters. The molecule has 148 valence electrons. The second-order valence-electron chi connectivity index (χ2n) is 7.87. The summed E-state index contributed by atoms with van der Waals surface area (Å²) in [5, 5.41) is 3.05. The number of nitrogens with two attached hydrogens (primary N) is 1. The highest BCUT2D eigenvalue weighted by Gasteiger charge is 2.33. The summed E-state index contributed by atoms with van der Waals surface area (Å²) in [7, 11) is 0. The van der Waals surface area contributed by atoms with Gasteiger partial charge in [-0.2, -0.15) is 11.8 Å². The molecule has 1 aromatic carbocycles. The van der Waals surface area contributed by atoms with Gasteiger partial charge < -0.3 is 16.0 Å². The van der Waals surface area contributed by atoms with Crippen molar-refractivity contribution in [3.05, 3.63) is 29.3 Å². The van der Waals surface area contributed by atoms with Crippen molar-refractivity contribution in [3.8, 4) is 0 Å². The molecule has 2 aliphatic rings. The Morgan fingerprint density at radius 1 is 1.19 bits per heavy atom. The van der Waals surface area contributed by atoms with Crippen LogP contribution in [0.25, 0.3) is 0 Å². The Kier molecular flexibility index (Phi) is 6.82. The van der Waals surface area contributed by atoms with Crippen LogP contribution in [-0.2, 0) is 4.79 Å². The molecule has 1 aliphatic heterocycles. The van der Waals surface area contributed by atoms with E-state index in [0.29, 0.717) is 18.5 Å². The largest absolute Gasteiger partial charge is 0.337 e. The first-order valence-electron chi connectivity index (χ1n) is 10.0. The van der Waals surface area contributed by atoms with Crippen LogP contribution in [-0.4, -0.2) is 47.9 Å². The fourth-order valence-electron chi connectivity index (χ4n) is 4.23. The third-order valence-electron chi connectivity index (χ3n) is 6.02. The van der Waals surface area contributed by atoms with Gasteiger partial charge in [-0.3, -0.25) is 9.59 Å². The monoisotopic (exact) mass is 389 g/mol. The number of nitrogens with one attached hydrogen (secondary N) is 1. The van der Waals surface area contributed by atoms with E-state index in [1.54, 1.807) is 0 Å². The Morgan fingerprint density at radius 2 is 1.89 bits per heavy atom. The van der Waals surface area contributed by atoms with Crippen LogP contribution in [0.3, 0.4) is 0 Å². The van der Waals surface area contributed by atoms with E-state index in [4.69, 9.17) is 5.73 Å². The summed E-state index contributed by atoms with van der Waals surface area (Å²) in [4.78, 5) is 27.5. The summed E-state index contributed by atoms with van der Waals surface area (Å²) in [5.41, 5.74) is 8.23. The van der Waals surface area contributed by atoms with E-state index < -0.39 is 0 Å². The van der Waals surface area contributed by atoms with Crippen molar-refractivity contribution < 1.29 is 9.59 Å². The maximum Gasteiger partial charge on any atom is 0.254 e. The zero-order valence-electron chi connectivity index (χ0n) is 16.3. The second-order valence-corrected chi connectivity index (χ2v) is 9.10. The average molecular weight is 390 g/mol. The molecule has 6 heteroatoms. The van der Waals surface area contributed by atoms with Crippen LogP contribution >= 0.6 is 11.8 Å². The Labute approximate surface area is 166 Å². The fraction of sp³-hybridized carbons (Fsp3) is 0.619. The number of nitrogens with zero attached hydrogens (tertiary/aromatic N) is 1. The molecule has 1 saturated heterocycles. The first kappa shape index (κ1) is 20.2. The number of carbonyl (C=O) groups excluding carboxylic acids is 2. The first-order valence-corrected chi connectivity index (χ1v) is 11.2. The molecule has 1 heterocycles. The van der Waals surface area contributed by atoms with Crippen molar-refractivity contribution in [2.24, 2.45) is 11.1 Å². The third kappa shape index (κ3) is 4.85. The van der Waals surface area contributed by atoms with Crippen molar-refractivity contribution in [1.29, 1.82) is 0 Å². The molecular weight excluding hydrogens is 358 g/mol. The van der Waals surface area contributed by atoms with Crippen LogP contribution in [0.5, 0.6) is 0 Å². The molecule has 0 aromatic heterocycles. The number of hydrogen-bond donors (Lipinski definition) is 2. The highest BCUT2D eigenvalue weighted by atomic mass is 32.2. The van der Waals surface area contributed by atoms with Gasteiger partial charge in [0.25, 0.3) is 5.91 Å². The van der Waals surface area contributed by atoms with E-state index in [2.05, 4.69) is 5.32 Å². The molecule has 1 aliphatic carbocycles. The Hall–Kier alpha value is -1.53. The summed E-state index contributed by atoms with van der Waals surface area (Å²) in [6.07, 6.45) is 6.07. The van der Waals surface area contributed by atoms with Gasteiger partial charge in [0.1, 0.15) is 0 Å². The summed E-state index contributed by atoms with van der Waals surface area (Å²) in [6, 6.07) is 5.59. The molecule has 1 aromatic rings. The molecule has 0 bridgehead atoms. The lowest BCUT2D eigenvalue weighted by molar-refractivity contribution is -0.118. The van der Waals surface area contributed by atoms with Crippen molar-refractivity contribution in [2.75, 3.05) is 36.5 Å². The van der Waals surface area contributed by atoms with Gasteiger partial charge in [-0.1, -0.05) is 25.3 Å². The summed E-state index contributed by atoms with van der Waals surface area (Å²) >= 11 is 1.88. The molecule has 1 saturated carbocycles. The normalized spacial score (nSPS) is 19.6. The molecule has 2 amide bonds. The second kappa shape index (κ2) is 9.11. The van der Waals surface area contributed by atoms with Gasteiger partial charge in [0, 0.05) is 42.3 Å². The van der Waals surface area contributed by atoms with Gasteiger partial charge in [0.05, 0.1) is 0 Å². The lowest BCUT2D eigenvalue weighted by Gasteiger charge is -2.35. The molecule has 27 heavy (non-hydrogen) atoms. The fourth-order valence-corrected chi connectivity index (χ4v) is 5.13. The minimum Gasteiger partial charge on any atom is -0.337 e. The van der Waals surface area contributed by atoms with Crippen LogP contribution in [0.4, 0.5) is 5.69 Å². The summed E-state index contributed by atoms with van der Waals surface area (Å²) in [5.74, 6) is 2.05.